The number of hydrogen-bond acceptors (Lipinski definition) is 0. The van der Waals surface area contributed by atoms with Crippen LogP contribution >= 0.6 is 9.24 Å². The molecule has 0 nitrogen and oxygen atoms in total. The summed E-state index contributed by atoms with van der Waals surface area (Å²) in [5.74, 6) is 11.1. The van der Waals surface area contributed by atoms with Crippen LogP contribution in [0.2, 0.25) is 0 Å². The Morgan fingerprint density at radius 2 is 0.963 bits per heavy atom. The second kappa shape index (κ2) is 6.72. The van der Waals surface area contributed by atoms with E-state index in [1.165, 1.54) is 19.3 Å². The van der Waals surface area contributed by atoms with Gasteiger partial charge in [0.25, 0.3) is 0 Å². The summed E-state index contributed by atoms with van der Waals surface area (Å²) in [5, 5.41) is 0.612. The normalized spacial score (nSPS) is 54.4. The third kappa shape index (κ3) is 2.85. The smallest absolute Gasteiger partial charge is 0.00833 e. The van der Waals surface area contributed by atoms with Crippen LogP contribution < -0.4 is 0 Å². The summed E-state index contributed by atoms with van der Waals surface area (Å²) < 4.78 is 0. The van der Waals surface area contributed by atoms with Gasteiger partial charge in [-0.1, -0.05) is 26.2 Å². The summed E-state index contributed by atoms with van der Waals surface area (Å²) in [6.07, 6.45) is 22.1. The average Bonchev–Trinajstić information content (AvgIpc) is 2.60. The van der Waals surface area contributed by atoms with Crippen LogP contribution in [0.5, 0.6) is 0 Å². The molecule has 8 saturated carbocycles. The van der Waals surface area contributed by atoms with E-state index >= 15 is 0 Å². The van der Waals surface area contributed by atoms with E-state index in [1.54, 1.807) is 70.6 Å². The molecule has 8 aliphatic rings. The Morgan fingerprint density at radius 1 is 0.593 bits per heavy atom. The fraction of sp³-hybridized carbons (Fsp3) is 1.00. The van der Waals surface area contributed by atoms with Gasteiger partial charge in [0, 0.05) is 0 Å². The minimum absolute atomic E-state index is 0.612. The van der Waals surface area contributed by atoms with Crippen molar-refractivity contribution in [2.75, 3.05) is 0 Å². The molecule has 0 aromatic rings. The molecule has 8 bridgehead atoms. The van der Waals surface area contributed by atoms with E-state index in [0.717, 1.165) is 59.2 Å². The van der Waals surface area contributed by atoms with Crippen LogP contribution in [0.15, 0.2) is 0 Å². The molecule has 27 heavy (non-hydrogen) atoms. The van der Waals surface area contributed by atoms with Crippen LogP contribution in [0.1, 0.15) is 96.8 Å². The highest BCUT2D eigenvalue weighted by molar-refractivity contribution is 7.19. The molecule has 0 N–H and O–H groups in total. The van der Waals surface area contributed by atoms with E-state index in [-0.39, 0.29) is 0 Å². The van der Waals surface area contributed by atoms with Gasteiger partial charge in [-0.25, -0.2) is 0 Å². The first-order valence-electron chi connectivity index (χ1n) is 12.9. The van der Waals surface area contributed by atoms with E-state index in [2.05, 4.69) is 16.2 Å². The van der Waals surface area contributed by atoms with Crippen molar-refractivity contribution in [2.24, 2.45) is 59.2 Å². The summed E-state index contributed by atoms with van der Waals surface area (Å²) in [7, 11) is 3.70. The van der Waals surface area contributed by atoms with Gasteiger partial charge in [0.05, 0.1) is 0 Å². The molecule has 0 radical (unpaired) electrons. The lowest BCUT2D eigenvalue weighted by Gasteiger charge is -2.66. The lowest BCUT2D eigenvalue weighted by Crippen LogP contribution is -2.60. The highest BCUT2D eigenvalue weighted by Crippen LogP contribution is 2.68. The van der Waals surface area contributed by atoms with Crippen LogP contribution in [-0.4, -0.2) is 5.16 Å². The van der Waals surface area contributed by atoms with Gasteiger partial charge in [0.15, 0.2) is 0 Å². The minimum atomic E-state index is 0.612. The maximum Gasteiger partial charge on any atom is -0.00833 e. The Bertz CT molecular complexity index is 467. The summed E-state index contributed by atoms with van der Waals surface area (Å²) in [6.45, 7) is 2.40. The van der Waals surface area contributed by atoms with Crippen LogP contribution in [0, 0.1) is 59.2 Å². The number of unbranched alkanes of at least 4 members (excludes halogenated alkanes) is 2. The van der Waals surface area contributed by atoms with Crippen molar-refractivity contribution in [3.05, 3.63) is 0 Å². The molecule has 1 unspecified atom stereocenters. The number of hydrogen-bond donors (Lipinski definition) is 0. The van der Waals surface area contributed by atoms with Crippen molar-refractivity contribution >= 4 is 9.24 Å². The topological polar surface area (TPSA) is 0 Å². The maximum atomic E-state index is 3.70. The second-order valence-corrected chi connectivity index (χ2v) is 13.6. The molecule has 0 aliphatic heterocycles. The Hall–Kier alpha value is 0.430. The van der Waals surface area contributed by atoms with Gasteiger partial charge >= 0.3 is 0 Å². The first-order valence-corrected chi connectivity index (χ1v) is 13.5. The molecular weight excluding hydrogens is 343 g/mol. The highest BCUT2D eigenvalue weighted by Gasteiger charge is 2.61. The molecule has 8 fully saturated rings. The molecule has 152 valence electrons. The van der Waals surface area contributed by atoms with Gasteiger partial charge in [0.1, 0.15) is 0 Å². The molecule has 8 aliphatic carbocycles. The van der Waals surface area contributed by atoms with E-state index in [4.69, 9.17) is 0 Å². The third-order valence-corrected chi connectivity index (χ3v) is 12.0. The fourth-order valence-corrected chi connectivity index (χ4v) is 12.1. The Kier molecular flexibility index (Phi) is 4.53. The number of rotatable bonds is 6. The Morgan fingerprint density at radius 3 is 1.30 bits per heavy atom. The van der Waals surface area contributed by atoms with Crippen molar-refractivity contribution in [2.45, 2.75) is 102 Å². The molecule has 0 heterocycles. The monoisotopic (exact) mass is 386 g/mol. The van der Waals surface area contributed by atoms with Gasteiger partial charge in [-0.3, -0.25) is 0 Å². The largest absolute Gasteiger partial charge is 0.130 e. The summed E-state index contributed by atoms with van der Waals surface area (Å²) in [5.41, 5.74) is 0. The van der Waals surface area contributed by atoms with Crippen LogP contribution in [0.3, 0.4) is 0 Å². The zero-order valence-electron chi connectivity index (χ0n) is 17.8. The molecule has 0 aromatic carbocycles. The zero-order valence-corrected chi connectivity index (χ0v) is 18.9. The molecule has 0 amide bonds. The summed E-state index contributed by atoms with van der Waals surface area (Å²) >= 11 is 0. The predicted molar refractivity (Wildman–Crippen MR) is 118 cm³/mol. The van der Waals surface area contributed by atoms with Gasteiger partial charge in [0.2, 0.25) is 0 Å². The molecule has 1 heteroatoms. The first kappa shape index (κ1) is 18.2. The maximum absolute atomic E-state index is 3.70. The van der Waals surface area contributed by atoms with Crippen molar-refractivity contribution in [1.82, 2.24) is 0 Å². The predicted octanol–water partition coefficient (Wildman–Crippen LogP) is 7.33. The lowest BCUT2D eigenvalue weighted by atomic mass is 9.43. The fourth-order valence-electron chi connectivity index (χ4n) is 10.8. The minimum Gasteiger partial charge on any atom is -0.130 e. The van der Waals surface area contributed by atoms with Crippen LogP contribution in [0.25, 0.3) is 0 Å². The molecule has 0 saturated heterocycles. The van der Waals surface area contributed by atoms with E-state index in [1.807, 2.05) is 0 Å². The molecule has 0 aromatic heterocycles. The third-order valence-electron chi connectivity index (χ3n) is 10.9. The molecule has 1 atom stereocenters. The summed E-state index contributed by atoms with van der Waals surface area (Å²) in [4.78, 5) is 0. The standard InChI is InChI=1S/C26H43P/c1-2-3-4-5-26(27,24-20-8-16-6-17(10-20)11-21(24)9-16)25-22-12-18-7-19(14-22)15-23(25)13-18/h16-25H,2-15,27H2,1H3. The van der Waals surface area contributed by atoms with Gasteiger partial charge in [-0.15, -0.1) is 9.24 Å². The van der Waals surface area contributed by atoms with E-state index in [0.29, 0.717) is 5.16 Å². The quantitative estimate of drug-likeness (QED) is 0.331. The second-order valence-electron chi connectivity index (χ2n) is 12.5. The summed E-state index contributed by atoms with van der Waals surface area (Å²) in [6, 6.07) is 0. The van der Waals surface area contributed by atoms with Crippen molar-refractivity contribution in [3.8, 4) is 0 Å². The van der Waals surface area contributed by atoms with E-state index < -0.39 is 0 Å². The van der Waals surface area contributed by atoms with Gasteiger partial charge < -0.3 is 0 Å². The van der Waals surface area contributed by atoms with Crippen molar-refractivity contribution < 1.29 is 0 Å². The van der Waals surface area contributed by atoms with Crippen LogP contribution in [-0.2, 0) is 0 Å². The van der Waals surface area contributed by atoms with Crippen molar-refractivity contribution in [1.29, 1.82) is 0 Å². The van der Waals surface area contributed by atoms with Gasteiger partial charge in [-0.05, 0) is 135 Å². The average molecular weight is 387 g/mol. The molecule has 0 spiro atoms. The Balaban J connectivity index is 1.33. The van der Waals surface area contributed by atoms with E-state index in [9.17, 15) is 0 Å². The van der Waals surface area contributed by atoms with Gasteiger partial charge in [-0.2, -0.15) is 0 Å². The highest BCUT2D eigenvalue weighted by atomic mass is 31.0. The van der Waals surface area contributed by atoms with Crippen LogP contribution in [0.4, 0.5) is 0 Å². The molecular formula is C26H43P. The lowest BCUT2D eigenvalue weighted by molar-refractivity contribution is -0.112. The zero-order chi connectivity index (χ0) is 18.2. The SMILES string of the molecule is CCCCCC(P)(C1C2CC3CC(C2)CC1C3)C1C2CC3CC(C2)CC1C3. The first-order chi connectivity index (χ1) is 13.1. The molecule has 8 rings (SSSR count). The van der Waals surface area contributed by atoms with Crippen molar-refractivity contribution in [3.63, 3.8) is 0 Å². The Labute approximate surface area is 170 Å².